The van der Waals surface area contributed by atoms with Crippen LogP contribution in [0.2, 0.25) is 0 Å². The summed E-state index contributed by atoms with van der Waals surface area (Å²) in [5.74, 6) is 5.68. The lowest BCUT2D eigenvalue weighted by atomic mass is 10.1. The van der Waals surface area contributed by atoms with E-state index in [0.29, 0.717) is 0 Å². The van der Waals surface area contributed by atoms with Gasteiger partial charge in [-0.05, 0) is 43.5 Å². The fraction of sp³-hybridized carbons (Fsp3) is 0.308. The normalized spacial score (nSPS) is 12.7. The standard InChI is InChI=1S/C13H17N3S/c1-8-4-11(7-15-6-8)13(16-14)12-5-9(2)10(3)17-12/h4-7,13,16H,14H2,1-3H3. The molecular formula is C13H17N3S. The largest absolute Gasteiger partial charge is 0.271 e. The molecule has 0 radical (unpaired) electrons. The van der Waals surface area contributed by atoms with E-state index in [1.165, 1.54) is 15.3 Å². The van der Waals surface area contributed by atoms with Crippen LogP contribution in [0, 0.1) is 20.8 Å². The van der Waals surface area contributed by atoms with E-state index in [1.54, 1.807) is 11.3 Å². The summed E-state index contributed by atoms with van der Waals surface area (Å²) in [4.78, 5) is 6.78. The highest BCUT2D eigenvalue weighted by atomic mass is 32.1. The topological polar surface area (TPSA) is 50.9 Å². The maximum atomic E-state index is 5.68. The van der Waals surface area contributed by atoms with Gasteiger partial charge in [-0.15, -0.1) is 11.3 Å². The van der Waals surface area contributed by atoms with E-state index < -0.39 is 0 Å². The summed E-state index contributed by atoms with van der Waals surface area (Å²) in [6, 6.07) is 4.33. The van der Waals surface area contributed by atoms with Crippen LogP contribution in [0.25, 0.3) is 0 Å². The fourth-order valence-electron chi connectivity index (χ4n) is 1.82. The molecule has 3 N–H and O–H groups in total. The number of rotatable bonds is 3. The number of aryl methyl sites for hydroxylation is 3. The number of aromatic nitrogens is 1. The molecule has 0 fully saturated rings. The molecule has 0 saturated carbocycles. The van der Waals surface area contributed by atoms with E-state index in [9.17, 15) is 0 Å². The van der Waals surface area contributed by atoms with Crippen LogP contribution < -0.4 is 11.3 Å². The van der Waals surface area contributed by atoms with Gasteiger partial charge in [-0.1, -0.05) is 6.07 Å². The molecule has 0 saturated heterocycles. The SMILES string of the molecule is Cc1cncc(C(NN)c2cc(C)c(C)s2)c1. The van der Waals surface area contributed by atoms with Gasteiger partial charge >= 0.3 is 0 Å². The second-order valence-electron chi connectivity index (χ2n) is 4.28. The van der Waals surface area contributed by atoms with Crippen molar-refractivity contribution in [3.05, 3.63) is 51.0 Å². The molecule has 3 nitrogen and oxygen atoms in total. The number of thiophene rings is 1. The van der Waals surface area contributed by atoms with Crippen molar-refractivity contribution in [1.82, 2.24) is 10.4 Å². The first-order valence-electron chi connectivity index (χ1n) is 5.56. The molecule has 0 aromatic carbocycles. The Labute approximate surface area is 106 Å². The highest BCUT2D eigenvalue weighted by Crippen LogP contribution is 2.30. The fourth-order valence-corrected chi connectivity index (χ4v) is 2.95. The Kier molecular flexibility index (Phi) is 3.57. The van der Waals surface area contributed by atoms with Crippen LogP contribution >= 0.6 is 11.3 Å². The third-order valence-corrected chi connectivity index (χ3v) is 4.08. The maximum Gasteiger partial charge on any atom is 0.0817 e. The quantitative estimate of drug-likeness (QED) is 0.647. The summed E-state index contributed by atoms with van der Waals surface area (Å²) >= 11 is 1.78. The first kappa shape index (κ1) is 12.2. The zero-order chi connectivity index (χ0) is 12.4. The molecule has 1 atom stereocenters. The Bertz CT molecular complexity index is 500. The van der Waals surface area contributed by atoms with E-state index in [2.05, 4.69) is 36.4 Å². The summed E-state index contributed by atoms with van der Waals surface area (Å²) in [5, 5.41) is 0. The van der Waals surface area contributed by atoms with Gasteiger partial charge in [0, 0.05) is 22.1 Å². The van der Waals surface area contributed by atoms with Crippen LogP contribution in [0.5, 0.6) is 0 Å². The van der Waals surface area contributed by atoms with E-state index >= 15 is 0 Å². The highest BCUT2D eigenvalue weighted by Gasteiger charge is 2.15. The predicted molar refractivity (Wildman–Crippen MR) is 71.9 cm³/mol. The Morgan fingerprint density at radius 2 is 2.00 bits per heavy atom. The van der Waals surface area contributed by atoms with Crippen LogP contribution in [-0.2, 0) is 0 Å². The number of hydrogen-bond acceptors (Lipinski definition) is 4. The van der Waals surface area contributed by atoms with Crippen molar-refractivity contribution in [2.75, 3.05) is 0 Å². The minimum Gasteiger partial charge on any atom is -0.271 e. The van der Waals surface area contributed by atoms with Crippen LogP contribution in [0.1, 0.15) is 32.5 Å². The molecule has 0 aliphatic carbocycles. The van der Waals surface area contributed by atoms with Crippen LogP contribution in [0.3, 0.4) is 0 Å². The summed E-state index contributed by atoms with van der Waals surface area (Å²) in [7, 11) is 0. The van der Waals surface area contributed by atoms with Gasteiger partial charge in [0.1, 0.15) is 0 Å². The summed E-state index contributed by atoms with van der Waals surface area (Å²) in [5.41, 5.74) is 6.44. The van der Waals surface area contributed by atoms with Crippen LogP contribution in [0.15, 0.2) is 24.5 Å². The molecule has 0 aliphatic rings. The molecule has 1 unspecified atom stereocenters. The first-order chi connectivity index (χ1) is 8.11. The Balaban J connectivity index is 2.39. The third-order valence-electron chi connectivity index (χ3n) is 2.87. The molecule has 2 aromatic heterocycles. The number of pyridine rings is 1. The minimum absolute atomic E-state index is 0.0276. The Hall–Kier alpha value is -1.23. The van der Waals surface area contributed by atoms with Crippen molar-refractivity contribution >= 4 is 11.3 Å². The molecule has 4 heteroatoms. The second-order valence-corrected chi connectivity index (χ2v) is 5.57. The molecule has 90 valence electrons. The molecule has 0 spiro atoms. The second kappa shape index (κ2) is 4.96. The first-order valence-corrected chi connectivity index (χ1v) is 6.38. The zero-order valence-electron chi connectivity index (χ0n) is 10.3. The lowest BCUT2D eigenvalue weighted by Gasteiger charge is -2.14. The Morgan fingerprint density at radius 1 is 1.24 bits per heavy atom. The van der Waals surface area contributed by atoms with Gasteiger partial charge in [-0.3, -0.25) is 10.8 Å². The molecule has 0 amide bonds. The van der Waals surface area contributed by atoms with Crippen molar-refractivity contribution < 1.29 is 0 Å². The Morgan fingerprint density at radius 3 is 2.53 bits per heavy atom. The number of hydrazine groups is 1. The van der Waals surface area contributed by atoms with Gasteiger partial charge in [-0.25, -0.2) is 5.43 Å². The van der Waals surface area contributed by atoms with E-state index in [0.717, 1.165) is 11.1 Å². The van der Waals surface area contributed by atoms with Gasteiger partial charge in [0.05, 0.1) is 6.04 Å². The number of nitrogens with two attached hydrogens (primary N) is 1. The minimum atomic E-state index is 0.0276. The number of hydrogen-bond donors (Lipinski definition) is 2. The molecule has 0 aliphatic heterocycles. The van der Waals surface area contributed by atoms with Crippen molar-refractivity contribution in [1.29, 1.82) is 0 Å². The van der Waals surface area contributed by atoms with Crippen LogP contribution in [-0.4, -0.2) is 4.98 Å². The molecular weight excluding hydrogens is 230 g/mol. The van der Waals surface area contributed by atoms with Gasteiger partial charge in [0.2, 0.25) is 0 Å². The van der Waals surface area contributed by atoms with Gasteiger partial charge in [-0.2, -0.15) is 0 Å². The van der Waals surface area contributed by atoms with Crippen molar-refractivity contribution in [3.63, 3.8) is 0 Å². The van der Waals surface area contributed by atoms with Crippen LogP contribution in [0.4, 0.5) is 0 Å². The third kappa shape index (κ3) is 2.54. The average Bonchev–Trinajstić information content (AvgIpc) is 2.60. The summed E-state index contributed by atoms with van der Waals surface area (Å²) in [6.45, 7) is 6.29. The maximum absolute atomic E-state index is 5.68. The highest BCUT2D eigenvalue weighted by molar-refractivity contribution is 7.12. The number of nitrogens with zero attached hydrogens (tertiary/aromatic N) is 1. The molecule has 2 aromatic rings. The average molecular weight is 247 g/mol. The van der Waals surface area contributed by atoms with Gasteiger partial charge in [0.15, 0.2) is 0 Å². The zero-order valence-corrected chi connectivity index (χ0v) is 11.1. The number of nitrogens with one attached hydrogen (secondary N) is 1. The molecule has 17 heavy (non-hydrogen) atoms. The molecule has 0 bridgehead atoms. The van der Waals surface area contributed by atoms with Crippen molar-refractivity contribution in [2.24, 2.45) is 5.84 Å². The van der Waals surface area contributed by atoms with Gasteiger partial charge < -0.3 is 0 Å². The molecule has 2 heterocycles. The lowest BCUT2D eigenvalue weighted by Crippen LogP contribution is -2.28. The summed E-state index contributed by atoms with van der Waals surface area (Å²) < 4.78 is 0. The predicted octanol–water partition coefficient (Wildman–Crippen LogP) is 2.62. The van der Waals surface area contributed by atoms with E-state index in [1.807, 2.05) is 19.3 Å². The molecule has 2 rings (SSSR count). The van der Waals surface area contributed by atoms with Crippen molar-refractivity contribution in [2.45, 2.75) is 26.8 Å². The van der Waals surface area contributed by atoms with Gasteiger partial charge in [0.25, 0.3) is 0 Å². The van der Waals surface area contributed by atoms with Crippen molar-refractivity contribution in [3.8, 4) is 0 Å². The van der Waals surface area contributed by atoms with E-state index in [-0.39, 0.29) is 6.04 Å². The van der Waals surface area contributed by atoms with E-state index in [4.69, 9.17) is 5.84 Å². The lowest BCUT2D eigenvalue weighted by molar-refractivity contribution is 0.643. The monoisotopic (exact) mass is 247 g/mol. The summed E-state index contributed by atoms with van der Waals surface area (Å²) in [6.07, 6.45) is 3.71. The smallest absolute Gasteiger partial charge is 0.0817 e.